The highest BCUT2D eigenvalue weighted by atomic mass is 35.5. The van der Waals surface area contributed by atoms with E-state index in [1.807, 2.05) is 6.20 Å². The molecule has 2 heterocycles. The molecule has 0 radical (unpaired) electrons. The SMILES string of the molecule is CC(C)CC[C@@H](c1ccc2cc[nH]c2c1)N1CCNCC1.Cl.Cl. The molecule has 1 saturated heterocycles. The summed E-state index contributed by atoms with van der Waals surface area (Å²) >= 11 is 0. The van der Waals surface area contributed by atoms with Crippen LogP contribution in [0.15, 0.2) is 30.5 Å². The predicted octanol–water partition coefficient (Wildman–Crippen LogP) is 4.39. The molecule has 23 heavy (non-hydrogen) atoms. The van der Waals surface area contributed by atoms with Crippen molar-refractivity contribution in [2.45, 2.75) is 32.7 Å². The molecule has 0 unspecified atom stereocenters. The van der Waals surface area contributed by atoms with Gasteiger partial charge in [-0.25, -0.2) is 0 Å². The maximum atomic E-state index is 3.46. The van der Waals surface area contributed by atoms with Gasteiger partial charge in [-0.3, -0.25) is 4.90 Å². The molecule has 2 aromatic rings. The van der Waals surface area contributed by atoms with E-state index in [-0.39, 0.29) is 24.8 Å². The lowest BCUT2D eigenvalue weighted by atomic mass is 9.95. The van der Waals surface area contributed by atoms with Gasteiger partial charge in [-0.15, -0.1) is 24.8 Å². The summed E-state index contributed by atoms with van der Waals surface area (Å²) in [6, 6.07) is 9.63. The van der Waals surface area contributed by atoms with E-state index in [4.69, 9.17) is 0 Å². The summed E-state index contributed by atoms with van der Waals surface area (Å²) in [5, 5.41) is 4.77. The first kappa shape index (κ1) is 20.3. The average molecular weight is 358 g/mol. The van der Waals surface area contributed by atoms with Gasteiger partial charge in [0.1, 0.15) is 0 Å². The number of H-pyrrole nitrogens is 1. The van der Waals surface area contributed by atoms with Crippen LogP contribution >= 0.6 is 24.8 Å². The molecule has 0 bridgehead atoms. The van der Waals surface area contributed by atoms with Crippen LogP contribution in [0.5, 0.6) is 0 Å². The quantitative estimate of drug-likeness (QED) is 0.830. The number of nitrogens with zero attached hydrogens (tertiary/aromatic N) is 1. The number of rotatable bonds is 5. The third kappa shape index (κ3) is 5.12. The Balaban J connectivity index is 0.00000132. The summed E-state index contributed by atoms with van der Waals surface area (Å²) in [4.78, 5) is 6.01. The van der Waals surface area contributed by atoms with Gasteiger partial charge in [0.2, 0.25) is 0 Å². The molecule has 1 aliphatic heterocycles. The van der Waals surface area contributed by atoms with Crippen LogP contribution in [-0.2, 0) is 0 Å². The van der Waals surface area contributed by atoms with Crippen molar-refractivity contribution in [3.63, 3.8) is 0 Å². The fourth-order valence-corrected chi connectivity index (χ4v) is 3.32. The van der Waals surface area contributed by atoms with Gasteiger partial charge in [-0.2, -0.15) is 0 Å². The Morgan fingerprint density at radius 3 is 2.48 bits per heavy atom. The number of fused-ring (bicyclic) bond motifs is 1. The Morgan fingerprint density at radius 1 is 1.04 bits per heavy atom. The molecule has 1 fully saturated rings. The van der Waals surface area contributed by atoms with Gasteiger partial charge in [0.15, 0.2) is 0 Å². The van der Waals surface area contributed by atoms with Crippen molar-refractivity contribution in [2.75, 3.05) is 26.2 Å². The van der Waals surface area contributed by atoms with Crippen LogP contribution in [0.2, 0.25) is 0 Å². The summed E-state index contributed by atoms with van der Waals surface area (Å²) in [5.41, 5.74) is 2.73. The van der Waals surface area contributed by atoms with Crippen LogP contribution in [-0.4, -0.2) is 36.1 Å². The van der Waals surface area contributed by atoms with Gasteiger partial charge in [0, 0.05) is 43.9 Å². The van der Waals surface area contributed by atoms with Gasteiger partial charge in [-0.1, -0.05) is 26.0 Å². The summed E-state index contributed by atoms with van der Waals surface area (Å²) in [7, 11) is 0. The van der Waals surface area contributed by atoms with Gasteiger partial charge >= 0.3 is 0 Å². The van der Waals surface area contributed by atoms with Crippen LogP contribution in [0.1, 0.15) is 38.3 Å². The highest BCUT2D eigenvalue weighted by Crippen LogP contribution is 2.29. The van der Waals surface area contributed by atoms with E-state index < -0.39 is 0 Å². The molecular weight excluding hydrogens is 329 g/mol. The lowest BCUT2D eigenvalue weighted by Crippen LogP contribution is -2.45. The second-order valence-corrected chi connectivity index (χ2v) is 6.60. The Bertz CT molecular complexity index is 576. The van der Waals surface area contributed by atoms with E-state index in [9.17, 15) is 0 Å². The van der Waals surface area contributed by atoms with Crippen molar-refractivity contribution in [2.24, 2.45) is 5.92 Å². The number of hydrogen-bond acceptors (Lipinski definition) is 2. The number of nitrogens with one attached hydrogen (secondary N) is 2. The van der Waals surface area contributed by atoms with Gasteiger partial charge in [-0.05, 0) is 41.8 Å². The van der Waals surface area contributed by atoms with Crippen LogP contribution in [0, 0.1) is 5.92 Å². The van der Waals surface area contributed by atoms with Crippen molar-refractivity contribution in [3.05, 3.63) is 36.0 Å². The number of hydrogen-bond donors (Lipinski definition) is 2. The number of halogens is 2. The normalized spacial score (nSPS) is 16.8. The lowest BCUT2D eigenvalue weighted by Gasteiger charge is -2.35. The second-order valence-electron chi connectivity index (χ2n) is 6.60. The first-order chi connectivity index (χ1) is 10.2. The maximum Gasteiger partial charge on any atom is 0.0457 e. The maximum absolute atomic E-state index is 3.46. The minimum Gasteiger partial charge on any atom is -0.361 e. The fraction of sp³-hybridized carbons (Fsp3) is 0.556. The minimum atomic E-state index is 0. The second kappa shape index (κ2) is 9.53. The third-order valence-electron chi connectivity index (χ3n) is 4.57. The average Bonchev–Trinajstić information content (AvgIpc) is 2.96. The monoisotopic (exact) mass is 357 g/mol. The van der Waals surface area contributed by atoms with Crippen LogP contribution < -0.4 is 5.32 Å². The molecule has 0 amide bonds. The van der Waals surface area contributed by atoms with Crippen molar-refractivity contribution in [3.8, 4) is 0 Å². The molecule has 3 rings (SSSR count). The molecular formula is C18H29Cl2N3. The van der Waals surface area contributed by atoms with Crippen LogP contribution in [0.25, 0.3) is 10.9 Å². The van der Waals surface area contributed by atoms with Crippen molar-refractivity contribution >= 4 is 35.7 Å². The van der Waals surface area contributed by atoms with Crippen molar-refractivity contribution < 1.29 is 0 Å². The highest BCUT2D eigenvalue weighted by molar-refractivity contribution is 5.85. The Morgan fingerprint density at radius 2 is 1.78 bits per heavy atom. The van der Waals surface area contributed by atoms with E-state index in [1.165, 1.54) is 29.3 Å². The van der Waals surface area contributed by atoms with Crippen LogP contribution in [0.3, 0.4) is 0 Å². The zero-order valence-corrected chi connectivity index (χ0v) is 15.7. The zero-order valence-electron chi connectivity index (χ0n) is 14.0. The molecule has 0 saturated carbocycles. The topological polar surface area (TPSA) is 31.1 Å². The van der Waals surface area contributed by atoms with Gasteiger partial charge in [0.05, 0.1) is 0 Å². The molecule has 130 valence electrons. The number of benzene rings is 1. The summed E-state index contributed by atoms with van der Waals surface area (Å²) < 4.78 is 0. The van der Waals surface area contributed by atoms with Crippen LogP contribution in [0.4, 0.5) is 0 Å². The molecule has 1 aromatic heterocycles. The number of aromatic nitrogens is 1. The number of piperazine rings is 1. The standard InChI is InChI=1S/C18H27N3.2ClH/c1-14(2)3-6-18(21-11-9-19-10-12-21)16-5-4-15-7-8-20-17(15)13-16;;/h4-5,7-8,13-14,18-20H,3,6,9-12H2,1-2H3;2*1H/t18-;;/m0../s1. The smallest absolute Gasteiger partial charge is 0.0457 e. The van der Waals surface area contributed by atoms with E-state index in [1.54, 1.807) is 0 Å². The van der Waals surface area contributed by atoms with Crippen molar-refractivity contribution in [1.29, 1.82) is 0 Å². The Hall–Kier alpha value is -0.740. The molecule has 1 atom stereocenters. The molecule has 1 aromatic carbocycles. The Kier molecular flexibility index (Phi) is 8.41. The minimum absolute atomic E-state index is 0. The first-order valence-electron chi connectivity index (χ1n) is 8.26. The molecule has 3 nitrogen and oxygen atoms in total. The molecule has 5 heteroatoms. The highest BCUT2D eigenvalue weighted by Gasteiger charge is 2.22. The molecule has 0 aliphatic carbocycles. The Labute approximate surface area is 152 Å². The van der Waals surface area contributed by atoms with E-state index in [0.717, 1.165) is 32.1 Å². The van der Waals surface area contributed by atoms with E-state index >= 15 is 0 Å². The summed E-state index contributed by atoms with van der Waals surface area (Å²) in [6.07, 6.45) is 4.57. The lowest BCUT2D eigenvalue weighted by molar-refractivity contribution is 0.160. The van der Waals surface area contributed by atoms with E-state index in [2.05, 4.69) is 53.3 Å². The van der Waals surface area contributed by atoms with E-state index in [0.29, 0.717) is 6.04 Å². The molecule has 2 N–H and O–H groups in total. The predicted molar refractivity (Wildman–Crippen MR) is 104 cm³/mol. The van der Waals surface area contributed by atoms with Gasteiger partial charge < -0.3 is 10.3 Å². The molecule has 1 aliphatic rings. The fourth-order valence-electron chi connectivity index (χ4n) is 3.32. The summed E-state index contributed by atoms with van der Waals surface area (Å²) in [6.45, 7) is 9.19. The summed E-state index contributed by atoms with van der Waals surface area (Å²) in [5.74, 6) is 0.768. The molecule has 0 spiro atoms. The largest absolute Gasteiger partial charge is 0.361 e. The number of aromatic amines is 1. The zero-order chi connectivity index (χ0) is 14.7. The van der Waals surface area contributed by atoms with Crippen molar-refractivity contribution in [1.82, 2.24) is 15.2 Å². The third-order valence-corrected chi connectivity index (χ3v) is 4.57. The van der Waals surface area contributed by atoms with Gasteiger partial charge in [0.25, 0.3) is 0 Å². The first-order valence-corrected chi connectivity index (χ1v) is 8.26.